The van der Waals surface area contributed by atoms with Gasteiger partial charge in [0.1, 0.15) is 5.82 Å². The lowest BCUT2D eigenvalue weighted by Gasteiger charge is -2.08. The maximum Gasteiger partial charge on any atom is 0.124 e. The summed E-state index contributed by atoms with van der Waals surface area (Å²) in [5.74, 6) is 1.31. The van der Waals surface area contributed by atoms with Crippen molar-refractivity contribution in [3.8, 4) is 0 Å². The third kappa shape index (κ3) is 3.25. The monoisotopic (exact) mass is 382 g/mol. The summed E-state index contributed by atoms with van der Waals surface area (Å²) in [6.07, 6.45) is 0.919. The molecule has 0 N–H and O–H groups in total. The van der Waals surface area contributed by atoms with Crippen LogP contribution in [0.3, 0.4) is 0 Å². The molecule has 0 saturated carbocycles. The average molecular weight is 384 g/mol. The number of hydrogen-bond acceptors (Lipinski definition) is 1. The molecule has 108 valence electrons. The van der Waals surface area contributed by atoms with E-state index < -0.39 is 0 Å². The first kappa shape index (κ1) is 14.9. The van der Waals surface area contributed by atoms with Crippen LogP contribution in [0.15, 0.2) is 46.9 Å². The Labute approximate surface area is 141 Å². The van der Waals surface area contributed by atoms with Crippen molar-refractivity contribution in [2.75, 3.05) is 0 Å². The summed E-state index contributed by atoms with van der Waals surface area (Å²) in [7, 11) is 0. The van der Waals surface area contributed by atoms with Gasteiger partial charge < -0.3 is 4.57 Å². The Morgan fingerprint density at radius 3 is 2.57 bits per heavy atom. The molecule has 0 atom stereocenters. The molecule has 2 nitrogen and oxygen atoms in total. The van der Waals surface area contributed by atoms with Crippen LogP contribution in [0.5, 0.6) is 0 Å². The van der Waals surface area contributed by atoms with Gasteiger partial charge in [-0.05, 0) is 42.3 Å². The fourth-order valence-electron chi connectivity index (χ4n) is 2.40. The number of fused-ring (bicyclic) bond motifs is 1. The van der Waals surface area contributed by atoms with Crippen molar-refractivity contribution in [2.45, 2.75) is 18.8 Å². The predicted molar refractivity (Wildman–Crippen MR) is 92.1 cm³/mol. The van der Waals surface area contributed by atoms with E-state index in [1.807, 2.05) is 24.3 Å². The summed E-state index contributed by atoms with van der Waals surface area (Å²) >= 11 is 15.4. The molecule has 1 heterocycles. The number of alkyl halides is 1. The smallest absolute Gasteiger partial charge is 0.124 e. The highest BCUT2D eigenvalue weighted by atomic mass is 79.9. The van der Waals surface area contributed by atoms with E-state index in [2.05, 4.69) is 43.7 Å². The largest absolute Gasteiger partial charge is 0.327 e. The average Bonchev–Trinajstić information content (AvgIpc) is 2.83. The van der Waals surface area contributed by atoms with Crippen LogP contribution in [0, 0.1) is 0 Å². The predicted octanol–water partition coefficient (Wildman–Crippen LogP) is 5.43. The number of aromatic nitrogens is 2. The standard InChI is InChI=1S/C16H13BrCl2N2/c17-12-3-6-15-14(9-12)20-16(10-18)21(15)8-7-11-1-4-13(19)5-2-11/h1-6,9H,7-8,10H2. The minimum absolute atomic E-state index is 0.410. The highest BCUT2D eigenvalue weighted by Crippen LogP contribution is 2.22. The maximum atomic E-state index is 6.03. The topological polar surface area (TPSA) is 17.8 Å². The molecule has 3 aromatic rings. The van der Waals surface area contributed by atoms with Gasteiger partial charge in [0.2, 0.25) is 0 Å². The number of aryl methyl sites for hydroxylation is 2. The van der Waals surface area contributed by atoms with Crippen LogP contribution in [0.4, 0.5) is 0 Å². The molecule has 0 aliphatic carbocycles. The molecule has 0 aliphatic rings. The number of benzene rings is 2. The molecule has 0 saturated heterocycles. The zero-order chi connectivity index (χ0) is 14.8. The van der Waals surface area contributed by atoms with Gasteiger partial charge in [-0.15, -0.1) is 11.6 Å². The highest BCUT2D eigenvalue weighted by Gasteiger charge is 2.10. The number of hydrogen-bond donors (Lipinski definition) is 0. The lowest BCUT2D eigenvalue weighted by molar-refractivity contribution is 0.688. The first-order valence-electron chi connectivity index (χ1n) is 6.62. The van der Waals surface area contributed by atoms with Crippen LogP contribution in [0.25, 0.3) is 11.0 Å². The molecule has 0 unspecified atom stereocenters. The fraction of sp³-hybridized carbons (Fsp3) is 0.188. The summed E-state index contributed by atoms with van der Waals surface area (Å²) in [6, 6.07) is 14.1. The minimum atomic E-state index is 0.410. The molecule has 0 fully saturated rings. The first-order chi connectivity index (χ1) is 10.2. The summed E-state index contributed by atoms with van der Waals surface area (Å²) in [4.78, 5) is 4.60. The number of rotatable bonds is 4. The molecule has 3 rings (SSSR count). The van der Waals surface area contributed by atoms with Crippen molar-refractivity contribution in [1.82, 2.24) is 9.55 Å². The van der Waals surface area contributed by atoms with Gasteiger partial charge in [-0.3, -0.25) is 0 Å². The second kappa shape index (κ2) is 6.39. The molecule has 0 radical (unpaired) electrons. The Morgan fingerprint density at radius 1 is 1.10 bits per heavy atom. The van der Waals surface area contributed by atoms with E-state index in [0.717, 1.165) is 39.3 Å². The zero-order valence-electron chi connectivity index (χ0n) is 11.2. The number of halogens is 3. The van der Waals surface area contributed by atoms with E-state index in [9.17, 15) is 0 Å². The number of imidazole rings is 1. The molecule has 21 heavy (non-hydrogen) atoms. The molecule has 0 amide bonds. The Morgan fingerprint density at radius 2 is 1.86 bits per heavy atom. The third-order valence-electron chi connectivity index (χ3n) is 3.45. The number of nitrogens with zero attached hydrogens (tertiary/aromatic N) is 2. The molecule has 0 bridgehead atoms. The van der Waals surface area contributed by atoms with Crippen molar-refractivity contribution in [3.63, 3.8) is 0 Å². The summed E-state index contributed by atoms with van der Waals surface area (Å²) < 4.78 is 3.21. The lowest BCUT2D eigenvalue weighted by Crippen LogP contribution is -2.05. The van der Waals surface area contributed by atoms with E-state index in [1.165, 1.54) is 5.56 Å². The van der Waals surface area contributed by atoms with Crippen molar-refractivity contribution in [3.05, 3.63) is 63.3 Å². The molecular weight excluding hydrogens is 371 g/mol. The van der Waals surface area contributed by atoms with E-state index in [1.54, 1.807) is 0 Å². The molecular formula is C16H13BrCl2N2. The second-order valence-corrected chi connectivity index (χ2v) is 6.44. The van der Waals surface area contributed by atoms with E-state index >= 15 is 0 Å². The SMILES string of the molecule is ClCc1nc2cc(Br)ccc2n1CCc1ccc(Cl)cc1. The van der Waals surface area contributed by atoms with Crippen molar-refractivity contribution < 1.29 is 0 Å². The summed E-state index contributed by atoms with van der Waals surface area (Å²) in [6.45, 7) is 0.849. The van der Waals surface area contributed by atoms with Gasteiger partial charge in [-0.1, -0.05) is 39.7 Å². The van der Waals surface area contributed by atoms with Gasteiger partial charge in [0.05, 0.1) is 16.9 Å². The molecule has 0 spiro atoms. The van der Waals surface area contributed by atoms with Crippen LogP contribution in [-0.4, -0.2) is 9.55 Å². The van der Waals surface area contributed by atoms with Gasteiger partial charge in [-0.25, -0.2) is 4.98 Å². The molecule has 5 heteroatoms. The molecule has 1 aromatic heterocycles. The molecule has 2 aromatic carbocycles. The summed E-state index contributed by atoms with van der Waals surface area (Å²) in [5.41, 5.74) is 3.33. The second-order valence-electron chi connectivity index (χ2n) is 4.82. The van der Waals surface area contributed by atoms with E-state index in [4.69, 9.17) is 23.2 Å². The van der Waals surface area contributed by atoms with E-state index in [-0.39, 0.29) is 0 Å². The normalized spacial score (nSPS) is 11.2. The minimum Gasteiger partial charge on any atom is -0.327 e. The van der Waals surface area contributed by atoms with Crippen LogP contribution in [-0.2, 0) is 18.8 Å². The highest BCUT2D eigenvalue weighted by molar-refractivity contribution is 9.10. The van der Waals surface area contributed by atoms with Crippen LogP contribution >= 0.6 is 39.1 Å². The maximum absolute atomic E-state index is 6.03. The Balaban J connectivity index is 1.90. The van der Waals surface area contributed by atoms with Crippen molar-refractivity contribution in [1.29, 1.82) is 0 Å². The van der Waals surface area contributed by atoms with Gasteiger partial charge in [0, 0.05) is 16.0 Å². The van der Waals surface area contributed by atoms with Crippen LogP contribution in [0.2, 0.25) is 5.02 Å². The van der Waals surface area contributed by atoms with Gasteiger partial charge in [0.15, 0.2) is 0 Å². The van der Waals surface area contributed by atoms with Gasteiger partial charge in [-0.2, -0.15) is 0 Å². The summed E-state index contributed by atoms with van der Waals surface area (Å²) in [5, 5.41) is 0.762. The molecule has 0 aliphatic heterocycles. The Bertz CT molecular complexity index is 766. The van der Waals surface area contributed by atoms with Crippen LogP contribution < -0.4 is 0 Å². The lowest BCUT2D eigenvalue weighted by atomic mass is 10.1. The third-order valence-corrected chi connectivity index (χ3v) is 4.43. The van der Waals surface area contributed by atoms with E-state index in [0.29, 0.717) is 5.88 Å². The quantitative estimate of drug-likeness (QED) is 0.549. The fourth-order valence-corrected chi connectivity index (χ4v) is 3.08. The van der Waals surface area contributed by atoms with Crippen molar-refractivity contribution in [2.24, 2.45) is 0 Å². The first-order valence-corrected chi connectivity index (χ1v) is 8.33. The zero-order valence-corrected chi connectivity index (χ0v) is 14.3. The Kier molecular flexibility index (Phi) is 4.53. The van der Waals surface area contributed by atoms with Crippen LogP contribution in [0.1, 0.15) is 11.4 Å². The van der Waals surface area contributed by atoms with Gasteiger partial charge >= 0.3 is 0 Å². The van der Waals surface area contributed by atoms with Gasteiger partial charge in [0.25, 0.3) is 0 Å². The van der Waals surface area contributed by atoms with Crippen molar-refractivity contribution >= 4 is 50.2 Å². The Hall–Kier alpha value is -1.03.